The molecule has 1 atom stereocenters. The first-order chi connectivity index (χ1) is 9.22. The van der Waals surface area contributed by atoms with Gasteiger partial charge in [0.15, 0.2) is 5.82 Å². The first kappa shape index (κ1) is 12.8. The van der Waals surface area contributed by atoms with Gasteiger partial charge < -0.3 is 15.5 Å². The summed E-state index contributed by atoms with van der Waals surface area (Å²) in [7, 11) is 2.17. The Balaban J connectivity index is 1.65. The van der Waals surface area contributed by atoms with E-state index in [1.54, 1.807) is 0 Å². The normalized spacial score (nSPS) is 26.0. The maximum Gasteiger partial charge on any atom is 0.151 e. The number of nitrogens with two attached hydrogens (primary N) is 1. The lowest BCUT2D eigenvalue weighted by Crippen LogP contribution is -2.40. The Labute approximate surface area is 114 Å². The third-order valence-electron chi connectivity index (χ3n) is 4.34. The molecule has 1 unspecified atom stereocenters. The summed E-state index contributed by atoms with van der Waals surface area (Å²) in [6, 6.07) is 4.63. The van der Waals surface area contributed by atoms with Gasteiger partial charge in [0.25, 0.3) is 0 Å². The zero-order chi connectivity index (χ0) is 13.2. The van der Waals surface area contributed by atoms with E-state index in [-0.39, 0.29) is 0 Å². The summed E-state index contributed by atoms with van der Waals surface area (Å²) in [4.78, 5) is 4.65. The van der Waals surface area contributed by atoms with Crippen molar-refractivity contribution in [2.45, 2.75) is 31.2 Å². The summed E-state index contributed by atoms with van der Waals surface area (Å²) in [5.41, 5.74) is 7.07. The summed E-state index contributed by atoms with van der Waals surface area (Å²) in [6.07, 6.45) is 3.30. The average molecular weight is 261 g/mol. The van der Waals surface area contributed by atoms with E-state index >= 15 is 0 Å². The van der Waals surface area contributed by atoms with Gasteiger partial charge in [-0.15, -0.1) is 5.10 Å². The first-order valence-corrected chi connectivity index (χ1v) is 7.25. The van der Waals surface area contributed by atoms with E-state index in [1.807, 2.05) is 0 Å². The minimum atomic E-state index is 0.359. The smallest absolute Gasteiger partial charge is 0.151 e. The molecule has 2 saturated heterocycles. The van der Waals surface area contributed by atoms with E-state index < -0.39 is 0 Å². The molecule has 104 valence electrons. The standard InChI is InChI=1S/C14H23N5/c1-18-7-4-11(10-18)13-2-3-14(17-16-13)19-8-5-12(15)6-9-19/h2-3,11-12H,4-10,15H2,1H3. The third-order valence-corrected chi connectivity index (χ3v) is 4.34. The number of likely N-dealkylation sites (tertiary alicyclic amines) is 1. The molecule has 3 heterocycles. The summed E-state index contributed by atoms with van der Waals surface area (Å²) < 4.78 is 0. The molecule has 0 amide bonds. The molecule has 2 fully saturated rings. The molecule has 0 aliphatic carbocycles. The van der Waals surface area contributed by atoms with Crippen molar-refractivity contribution in [3.05, 3.63) is 17.8 Å². The molecule has 0 saturated carbocycles. The molecular weight excluding hydrogens is 238 g/mol. The van der Waals surface area contributed by atoms with Gasteiger partial charge in [0, 0.05) is 31.6 Å². The Hall–Kier alpha value is -1.20. The van der Waals surface area contributed by atoms with E-state index in [0.717, 1.165) is 50.5 Å². The van der Waals surface area contributed by atoms with E-state index in [1.165, 1.54) is 6.42 Å². The number of nitrogens with zero attached hydrogens (tertiary/aromatic N) is 4. The van der Waals surface area contributed by atoms with Crippen LogP contribution in [-0.2, 0) is 0 Å². The highest BCUT2D eigenvalue weighted by atomic mass is 15.3. The van der Waals surface area contributed by atoms with Gasteiger partial charge in [-0.25, -0.2) is 0 Å². The van der Waals surface area contributed by atoms with E-state index in [9.17, 15) is 0 Å². The topological polar surface area (TPSA) is 58.3 Å². The van der Waals surface area contributed by atoms with Crippen molar-refractivity contribution < 1.29 is 0 Å². The molecule has 0 radical (unpaired) electrons. The van der Waals surface area contributed by atoms with Crippen LogP contribution in [-0.4, -0.2) is 54.4 Å². The monoisotopic (exact) mass is 261 g/mol. The van der Waals surface area contributed by atoms with E-state index in [4.69, 9.17) is 5.73 Å². The lowest BCUT2D eigenvalue weighted by molar-refractivity contribution is 0.410. The predicted molar refractivity (Wildman–Crippen MR) is 76.3 cm³/mol. The number of anilines is 1. The van der Waals surface area contributed by atoms with Crippen LogP contribution in [0.4, 0.5) is 5.82 Å². The van der Waals surface area contributed by atoms with Crippen LogP contribution in [0.1, 0.15) is 30.9 Å². The fraction of sp³-hybridized carbons (Fsp3) is 0.714. The Morgan fingerprint density at radius 1 is 1.11 bits per heavy atom. The molecule has 0 bridgehead atoms. The lowest BCUT2D eigenvalue weighted by Gasteiger charge is -2.30. The van der Waals surface area contributed by atoms with Crippen molar-refractivity contribution in [1.82, 2.24) is 15.1 Å². The summed E-state index contributed by atoms with van der Waals surface area (Å²) in [6.45, 7) is 4.27. The number of hydrogen-bond acceptors (Lipinski definition) is 5. The molecule has 0 spiro atoms. The highest BCUT2D eigenvalue weighted by Gasteiger charge is 2.23. The van der Waals surface area contributed by atoms with Gasteiger partial charge in [-0.3, -0.25) is 0 Å². The third kappa shape index (κ3) is 2.87. The van der Waals surface area contributed by atoms with Gasteiger partial charge in [-0.05, 0) is 45.0 Å². The van der Waals surface area contributed by atoms with Crippen LogP contribution in [0.3, 0.4) is 0 Å². The van der Waals surface area contributed by atoms with Gasteiger partial charge in [-0.2, -0.15) is 5.10 Å². The minimum Gasteiger partial charge on any atom is -0.355 e. The highest BCUT2D eigenvalue weighted by Crippen LogP contribution is 2.25. The van der Waals surface area contributed by atoms with E-state index in [2.05, 4.69) is 39.2 Å². The molecular formula is C14H23N5. The van der Waals surface area contributed by atoms with Crippen molar-refractivity contribution in [3.8, 4) is 0 Å². The second-order valence-electron chi connectivity index (χ2n) is 5.89. The number of piperidine rings is 1. The van der Waals surface area contributed by atoms with Crippen molar-refractivity contribution in [2.75, 3.05) is 38.1 Å². The largest absolute Gasteiger partial charge is 0.355 e. The Morgan fingerprint density at radius 2 is 1.89 bits per heavy atom. The molecule has 2 aliphatic heterocycles. The zero-order valence-electron chi connectivity index (χ0n) is 11.6. The number of hydrogen-bond donors (Lipinski definition) is 1. The second kappa shape index (κ2) is 5.43. The van der Waals surface area contributed by atoms with Crippen LogP contribution >= 0.6 is 0 Å². The number of aromatic nitrogens is 2. The molecule has 2 N–H and O–H groups in total. The van der Waals surface area contributed by atoms with Crippen LogP contribution in [0.15, 0.2) is 12.1 Å². The van der Waals surface area contributed by atoms with Crippen molar-refractivity contribution in [3.63, 3.8) is 0 Å². The van der Waals surface area contributed by atoms with Gasteiger partial charge in [0.1, 0.15) is 0 Å². The molecule has 1 aromatic heterocycles. The lowest BCUT2D eigenvalue weighted by atomic mass is 10.0. The zero-order valence-corrected chi connectivity index (χ0v) is 11.6. The van der Waals surface area contributed by atoms with Crippen LogP contribution in [0.5, 0.6) is 0 Å². The Bertz CT molecular complexity index is 410. The van der Waals surface area contributed by atoms with Crippen molar-refractivity contribution >= 4 is 5.82 Å². The van der Waals surface area contributed by atoms with Gasteiger partial charge in [0.2, 0.25) is 0 Å². The number of likely N-dealkylation sites (N-methyl/N-ethyl adjacent to an activating group) is 1. The maximum absolute atomic E-state index is 5.93. The van der Waals surface area contributed by atoms with Crippen molar-refractivity contribution in [1.29, 1.82) is 0 Å². The Morgan fingerprint density at radius 3 is 2.47 bits per heavy atom. The molecule has 1 aromatic rings. The molecule has 2 aliphatic rings. The van der Waals surface area contributed by atoms with Crippen LogP contribution in [0.25, 0.3) is 0 Å². The quantitative estimate of drug-likeness (QED) is 0.854. The van der Waals surface area contributed by atoms with Crippen LogP contribution < -0.4 is 10.6 Å². The highest BCUT2D eigenvalue weighted by molar-refractivity contribution is 5.38. The molecule has 0 aromatic carbocycles. The predicted octanol–water partition coefficient (Wildman–Crippen LogP) is 0.823. The molecule has 19 heavy (non-hydrogen) atoms. The first-order valence-electron chi connectivity index (χ1n) is 7.25. The molecule has 5 heteroatoms. The second-order valence-corrected chi connectivity index (χ2v) is 5.89. The summed E-state index contributed by atoms with van der Waals surface area (Å²) in [5.74, 6) is 1.56. The fourth-order valence-electron chi connectivity index (χ4n) is 3.03. The van der Waals surface area contributed by atoms with Gasteiger partial charge in [-0.1, -0.05) is 0 Å². The fourth-order valence-corrected chi connectivity index (χ4v) is 3.03. The van der Waals surface area contributed by atoms with Gasteiger partial charge in [0.05, 0.1) is 5.69 Å². The van der Waals surface area contributed by atoms with Crippen LogP contribution in [0.2, 0.25) is 0 Å². The van der Waals surface area contributed by atoms with Crippen molar-refractivity contribution in [2.24, 2.45) is 5.73 Å². The maximum atomic E-state index is 5.93. The van der Waals surface area contributed by atoms with E-state index in [0.29, 0.717) is 12.0 Å². The average Bonchev–Trinajstić information content (AvgIpc) is 2.87. The number of rotatable bonds is 2. The summed E-state index contributed by atoms with van der Waals surface area (Å²) >= 11 is 0. The SMILES string of the molecule is CN1CCC(c2ccc(N3CCC(N)CC3)nn2)C1. The Kier molecular flexibility index (Phi) is 3.66. The molecule has 3 rings (SSSR count). The van der Waals surface area contributed by atoms with Gasteiger partial charge >= 0.3 is 0 Å². The van der Waals surface area contributed by atoms with Crippen LogP contribution in [0, 0.1) is 0 Å². The summed E-state index contributed by atoms with van der Waals surface area (Å²) in [5, 5.41) is 8.85. The molecule has 5 nitrogen and oxygen atoms in total. The minimum absolute atomic E-state index is 0.359.